The van der Waals surface area contributed by atoms with Crippen LogP contribution >= 0.6 is 0 Å². The van der Waals surface area contributed by atoms with Crippen molar-refractivity contribution in [2.45, 2.75) is 65.3 Å². The van der Waals surface area contributed by atoms with Gasteiger partial charge in [0.25, 0.3) is 0 Å². The Bertz CT molecular complexity index is 269. The highest BCUT2D eigenvalue weighted by Gasteiger charge is 2.31. The van der Waals surface area contributed by atoms with E-state index in [1.165, 1.54) is 32.1 Å². The van der Waals surface area contributed by atoms with Crippen LogP contribution in [0.4, 0.5) is 0 Å². The van der Waals surface area contributed by atoms with Crippen molar-refractivity contribution in [3.63, 3.8) is 0 Å². The summed E-state index contributed by atoms with van der Waals surface area (Å²) in [6.07, 6.45) is 10.4. The fraction of sp³-hybridized carbons (Fsp3) is 0.867. The molecule has 2 aliphatic rings. The highest BCUT2D eigenvalue weighted by atomic mass is 14.6. The van der Waals surface area contributed by atoms with Gasteiger partial charge in [-0.25, -0.2) is 0 Å². The van der Waals surface area contributed by atoms with Gasteiger partial charge in [0.1, 0.15) is 0 Å². The van der Waals surface area contributed by atoms with Gasteiger partial charge in [-0.2, -0.15) is 0 Å². The van der Waals surface area contributed by atoms with E-state index in [4.69, 9.17) is 5.73 Å². The molecule has 0 bridgehead atoms. The van der Waals surface area contributed by atoms with Gasteiger partial charge in [0.2, 0.25) is 0 Å². The Hall–Kier alpha value is -0.300. The molecule has 0 aromatic heterocycles. The molecule has 0 spiro atoms. The maximum Gasteiger partial charge on any atom is 0.0231 e. The Morgan fingerprint density at radius 2 is 1.81 bits per heavy atom. The monoisotopic (exact) mass is 221 g/mol. The third kappa shape index (κ3) is 2.88. The van der Waals surface area contributed by atoms with E-state index in [1.54, 1.807) is 5.57 Å². The van der Waals surface area contributed by atoms with Crippen LogP contribution in [0.1, 0.15) is 59.3 Å². The Labute approximate surface area is 100 Å². The lowest BCUT2D eigenvalue weighted by Crippen LogP contribution is -2.33. The average Bonchev–Trinajstić information content (AvgIpc) is 2.15. The summed E-state index contributed by atoms with van der Waals surface area (Å²) in [7, 11) is 0. The highest BCUT2D eigenvalue weighted by molar-refractivity contribution is 5.17. The second-order valence-corrected chi connectivity index (χ2v) is 6.91. The largest absolute Gasteiger partial charge is 0.324 e. The summed E-state index contributed by atoms with van der Waals surface area (Å²) >= 11 is 0. The molecular formula is C15H27N. The van der Waals surface area contributed by atoms with Gasteiger partial charge in [0.05, 0.1) is 0 Å². The van der Waals surface area contributed by atoms with Gasteiger partial charge in [-0.05, 0) is 42.9 Å². The highest BCUT2D eigenvalue weighted by Crippen LogP contribution is 2.42. The normalized spacial score (nSPS) is 39.2. The van der Waals surface area contributed by atoms with E-state index < -0.39 is 0 Å². The minimum Gasteiger partial charge on any atom is -0.324 e. The SMILES string of the molecule is CC1CCC(C2=CC(N)CC(C)(C)C2)CC1. The third-order valence-electron chi connectivity index (χ3n) is 4.44. The molecule has 0 radical (unpaired) electrons. The van der Waals surface area contributed by atoms with Crippen molar-refractivity contribution >= 4 is 0 Å². The van der Waals surface area contributed by atoms with Crippen molar-refractivity contribution in [2.75, 3.05) is 0 Å². The summed E-state index contributed by atoms with van der Waals surface area (Å²) in [6, 6.07) is 0.304. The zero-order valence-corrected chi connectivity index (χ0v) is 11.1. The molecule has 1 atom stereocenters. The van der Waals surface area contributed by atoms with Crippen molar-refractivity contribution in [1.29, 1.82) is 0 Å². The molecule has 2 rings (SSSR count). The topological polar surface area (TPSA) is 26.0 Å². The Kier molecular flexibility index (Phi) is 3.44. The molecule has 0 saturated heterocycles. The summed E-state index contributed by atoms with van der Waals surface area (Å²) in [6.45, 7) is 7.12. The van der Waals surface area contributed by atoms with Crippen LogP contribution in [0, 0.1) is 17.3 Å². The summed E-state index contributed by atoms with van der Waals surface area (Å²) in [4.78, 5) is 0. The molecule has 0 aliphatic heterocycles. The fourth-order valence-corrected chi connectivity index (χ4v) is 3.57. The number of rotatable bonds is 1. The van der Waals surface area contributed by atoms with Gasteiger partial charge >= 0.3 is 0 Å². The van der Waals surface area contributed by atoms with Crippen LogP contribution in [-0.2, 0) is 0 Å². The predicted octanol–water partition coefficient (Wildman–Crippen LogP) is 3.89. The van der Waals surface area contributed by atoms with Gasteiger partial charge in [-0.15, -0.1) is 0 Å². The molecule has 92 valence electrons. The molecule has 0 aromatic rings. The molecule has 0 heterocycles. The van der Waals surface area contributed by atoms with Gasteiger partial charge in [-0.3, -0.25) is 0 Å². The Morgan fingerprint density at radius 3 is 2.38 bits per heavy atom. The minimum absolute atomic E-state index is 0.304. The van der Waals surface area contributed by atoms with Gasteiger partial charge in [0.15, 0.2) is 0 Å². The van der Waals surface area contributed by atoms with E-state index in [0.717, 1.165) is 18.3 Å². The van der Waals surface area contributed by atoms with Crippen LogP contribution in [0.25, 0.3) is 0 Å². The number of hydrogen-bond donors (Lipinski definition) is 1. The summed E-state index contributed by atoms with van der Waals surface area (Å²) in [5.41, 5.74) is 8.26. The van der Waals surface area contributed by atoms with Crippen molar-refractivity contribution in [3.05, 3.63) is 11.6 Å². The smallest absolute Gasteiger partial charge is 0.0231 e. The summed E-state index contributed by atoms with van der Waals surface area (Å²) < 4.78 is 0. The van der Waals surface area contributed by atoms with Crippen LogP contribution in [0.5, 0.6) is 0 Å². The lowest BCUT2D eigenvalue weighted by atomic mass is 9.69. The molecule has 1 nitrogen and oxygen atoms in total. The van der Waals surface area contributed by atoms with Gasteiger partial charge in [0, 0.05) is 6.04 Å². The zero-order valence-electron chi connectivity index (χ0n) is 11.1. The number of hydrogen-bond acceptors (Lipinski definition) is 1. The van der Waals surface area contributed by atoms with Crippen molar-refractivity contribution < 1.29 is 0 Å². The molecular weight excluding hydrogens is 194 g/mol. The zero-order chi connectivity index (χ0) is 11.8. The number of nitrogens with two attached hydrogens (primary N) is 1. The van der Waals surface area contributed by atoms with Crippen LogP contribution in [0.15, 0.2) is 11.6 Å². The van der Waals surface area contributed by atoms with Crippen molar-refractivity contribution in [2.24, 2.45) is 23.0 Å². The minimum atomic E-state index is 0.304. The summed E-state index contributed by atoms with van der Waals surface area (Å²) in [5.74, 6) is 1.80. The Morgan fingerprint density at radius 1 is 1.19 bits per heavy atom. The molecule has 0 aromatic carbocycles. The van der Waals surface area contributed by atoms with Gasteiger partial charge in [-0.1, -0.05) is 45.3 Å². The molecule has 1 fully saturated rings. The van der Waals surface area contributed by atoms with Crippen LogP contribution in [0.3, 0.4) is 0 Å². The van der Waals surface area contributed by atoms with E-state index >= 15 is 0 Å². The maximum atomic E-state index is 6.16. The maximum absolute atomic E-state index is 6.16. The first-order valence-electron chi connectivity index (χ1n) is 6.92. The van der Waals surface area contributed by atoms with Crippen molar-refractivity contribution in [1.82, 2.24) is 0 Å². The van der Waals surface area contributed by atoms with E-state index in [9.17, 15) is 0 Å². The lowest BCUT2D eigenvalue weighted by Gasteiger charge is -2.38. The second-order valence-electron chi connectivity index (χ2n) is 6.91. The lowest BCUT2D eigenvalue weighted by molar-refractivity contribution is 0.256. The molecule has 16 heavy (non-hydrogen) atoms. The van der Waals surface area contributed by atoms with Crippen LogP contribution in [0.2, 0.25) is 0 Å². The van der Waals surface area contributed by atoms with Crippen LogP contribution in [-0.4, -0.2) is 6.04 Å². The first-order chi connectivity index (χ1) is 7.46. The van der Waals surface area contributed by atoms with E-state index in [0.29, 0.717) is 11.5 Å². The standard InChI is InChI=1S/C15H27N/c1-11-4-6-12(7-5-11)13-8-14(16)10-15(2,3)9-13/h8,11-12,14H,4-7,9-10,16H2,1-3H3. The van der Waals surface area contributed by atoms with Crippen molar-refractivity contribution in [3.8, 4) is 0 Å². The fourth-order valence-electron chi connectivity index (χ4n) is 3.57. The van der Waals surface area contributed by atoms with E-state index in [-0.39, 0.29) is 0 Å². The molecule has 1 heteroatoms. The Balaban J connectivity index is 2.03. The van der Waals surface area contributed by atoms with E-state index in [2.05, 4.69) is 26.8 Å². The molecule has 0 amide bonds. The third-order valence-corrected chi connectivity index (χ3v) is 4.44. The molecule has 2 aliphatic carbocycles. The number of allylic oxidation sites excluding steroid dienone is 1. The molecule has 2 N–H and O–H groups in total. The molecule has 1 unspecified atom stereocenters. The quantitative estimate of drug-likeness (QED) is 0.668. The van der Waals surface area contributed by atoms with Gasteiger partial charge < -0.3 is 5.73 Å². The summed E-state index contributed by atoms with van der Waals surface area (Å²) in [5, 5.41) is 0. The average molecular weight is 221 g/mol. The van der Waals surface area contributed by atoms with E-state index in [1.807, 2.05) is 0 Å². The van der Waals surface area contributed by atoms with Crippen LogP contribution < -0.4 is 5.73 Å². The first kappa shape index (κ1) is 12.2. The predicted molar refractivity (Wildman–Crippen MR) is 70.2 cm³/mol. The first-order valence-corrected chi connectivity index (χ1v) is 6.92. The molecule has 1 saturated carbocycles. The second kappa shape index (κ2) is 4.52.